The summed E-state index contributed by atoms with van der Waals surface area (Å²) < 4.78 is 0. The molecule has 0 aliphatic carbocycles. The van der Waals surface area contributed by atoms with E-state index in [0.717, 1.165) is 25.3 Å². The molecule has 0 aromatic carbocycles. The van der Waals surface area contributed by atoms with E-state index in [1.807, 2.05) is 0 Å². The smallest absolute Gasteiger partial charge is 0.00981 e. The van der Waals surface area contributed by atoms with E-state index in [1.165, 1.54) is 12.8 Å². The Morgan fingerprint density at radius 1 is 1.31 bits per heavy atom. The molecule has 1 atom stereocenters. The van der Waals surface area contributed by atoms with Crippen molar-refractivity contribution in [2.45, 2.75) is 52.5 Å². The zero-order valence-electron chi connectivity index (χ0n) is 9.27. The van der Waals surface area contributed by atoms with E-state index in [-0.39, 0.29) is 0 Å². The van der Waals surface area contributed by atoms with Crippen molar-refractivity contribution < 1.29 is 0 Å². The van der Waals surface area contributed by atoms with Crippen LogP contribution in [0.4, 0.5) is 0 Å². The largest absolute Gasteiger partial charge is 0.314 e. The second-order valence-electron chi connectivity index (χ2n) is 3.63. The highest BCUT2D eigenvalue weighted by molar-refractivity contribution is 4.83. The fourth-order valence-electron chi connectivity index (χ4n) is 1.68. The Hall–Kier alpha value is -0.480. The quantitative estimate of drug-likeness (QED) is 0.470. The van der Waals surface area contributed by atoms with E-state index in [9.17, 15) is 0 Å². The van der Waals surface area contributed by atoms with Crippen molar-refractivity contribution in [3.05, 3.63) is 0 Å². The zero-order valence-corrected chi connectivity index (χ0v) is 9.27. The van der Waals surface area contributed by atoms with Crippen molar-refractivity contribution in [3.8, 4) is 12.3 Å². The highest BCUT2D eigenvalue weighted by Gasteiger charge is 2.11. The molecule has 1 unspecified atom stereocenters. The third-order valence-corrected chi connectivity index (χ3v) is 2.72. The maximum absolute atomic E-state index is 5.18. The number of rotatable bonds is 7. The van der Waals surface area contributed by atoms with Crippen molar-refractivity contribution in [2.75, 3.05) is 6.54 Å². The molecule has 0 spiro atoms. The Morgan fingerprint density at radius 3 is 2.38 bits per heavy atom. The third kappa shape index (κ3) is 5.71. The molecule has 13 heavy (non-hydrogen) atoms. The summed E-state index contributed by atoms with van der Waals surface area (Å²) in [4.78, 5) is 0. The van der Waals surface area contributed by atoms with E-state index < -0.39 is 0 Å². The van der Waals surface area contributed by atoms with Crippen LogP contribution >= 0.6 is 0 Å². The Bertz CT molecular complexity index is 142. The Labute approximate surface area is 83.3 Å². The average Bonchev–Trinajstić information content (AvgIpc) is 2.14. The first kappa shape index (κ1) is 12.5. The van der Waals surface area contributed by atoms with Gasteiger partial charge in [0, 0.05) is 12.5 Å². The molecule has 1 nitrogen and oxygen atoms in total. The van der Waals surface area contributed by atoms with Crippen LogP contribution in [0, 0.1) is 18.3 Å². The summed E-state index contributed by atoms with van der Waals surface area (Å²) >= 11 is 0. The molecular formula is C12H23N. The molecule has 0 amide bonds. The number of hydrogen-bond acceptors (Lipinski definition) is 1. The van der Waals surface area contributed by atoms with Gasteiger partial charge in [-0.15, -0.1) is 12.3 Å². The van der Waals surface area contributed by atoms with Gasteiger partial charge in [0.1, 0.15) is 0 Å². The molecule has 0 rings (SSSR count). The maximum atomic E-state index is 5.18. The van der Waals surface area contributed by atoms with Gasteiger partial charge >= 0.3 is 0 Å². The number of hydrogen-bond donors (Lipinski definition) is 1. The van der Waals surface area contributed by atoms with Crippen LogP contribution in [-0.2, 0) is 0 Å². The number of unbranched alkanes of at least 4 members (excludes halogenated alkanes) is 1. The summed E-state index contributed by atoms with van der Waals surface area (Å²) in [6.45, 7) is 7.84. The lowest BCUT2D eigenvalue weighted by atomic mass is 9.95. The van der Waals surface area contributed by atoms with Crippen LogP contribution in [0.3, 0.4) is 0 Å². The Balaban J connectivity index is 3.49. The van der Waals surface area contributed by atoms with Gasteiger partial charge in [-0.25, -0.2) is 0 Å². The predicted octanol–water partition coefficient (Wildman–Crippen LogP) is 2.81. The van der Waals surface area contributed by atoms with Gasteiger partial charge in [-0.2, -0.15) is 0 Å². The molecule has 0 aliphatic rings. The molecule has 0 aliphatic heterocycles. The van der Waals surface area contributed by atoms with Crippen molar-refractivity contribution >= 4 is 0 Å². The van der Waals surface area contributed by atoms with Gasteiger partial charge in [0.25, 0.3) is 0 Å². The molecule has 0 saturated carbocycles. The van der Waals surface area contributed by atoms with Gasteiger partial charge in [-0.05, 0) is 25.8 Å². The monoisotopic (exact) mass is 181 g/mol. The van der Waals surface area contributed by atoms with Crippen LogP contribution < -0.4 is 5.32 Å². The molecule has 0 fully saturated rings. The third-order valence-electron chi connectivity index (χ3n) is 2.72. The Kier molecular flexibility index (Phi) is 7.83. The molecule has 1 heteroatoms. The first-order valence-corrected chi connectivity index (χ1v) is 5.43. The number of nitrogens with one attached hydrogen (secondary N) is 1. The molecule has 0 bridgehead atoms. The van der Waals surface area contributed by atoms with Crippen molar-refractivity contribution in [1.29, 1.82) is 0 Å². The van der Waals surface area contributed by atoms with Gasteiger partial charge < -0.3 is 5.32 Å². The van der Waals surface area contributed by atoms with E-state index in [2.05, 4.69) is 32.0 Å². The van der Waals surface area contributed by atoms with Crippen LogP contribution in [0.15, 0.2) is 0 Å². The minimum atomic E-state index is 0.632. The molecule has 0 aromatic rings. The first-order valence-electron chi connectivity index (χ1n) is 5.43. The number of terminal acetylenes is 1. The van der Waals surface area contributed by atoms with Crippen LogP contribution in [-0.4, -0.2) is 12.6 Å². The van der Waals surface area contributed by atoms with Crippen molar-refractivity contribution in [2.24, 2.45) is 5.92 Å². The second-order valence-corrected chi connectivity index (χ2v) is 3.63. The minimum Gasteiger partial charge on any atom is -0.314 e. The van der Waals surface area contributed by atoms with Crippen LogP contribution in [0.1, 0.15) is 46.5 Å². The molecule has 76 valence electrons. The van der Waals surface area contributed by atoms with Gasteiger partial charge in [0.2, 0.25) is 0 Å². The lowest BCUT2D eigenvalue weighted by Gasteiger charge is -2.22. The fraction of sp³-hybridized carbons (Fsp3) is 0.833. The van der Waals surface area contributed by atoms with Gasteiger partial charge in [-0.1, -0.05) is 26.7 Å². The van der Waals surface area contributed by atoms with Crippen LogP contribution in [0.25, 0.3) is 0 Å². The molecule has 0 aromatic heterocycles. The normalized spacial score (nSPS) is 12.8. The van der Waals surface area contributed by atoms with Gasteiger partial charge in [-0.3, -0.25) is 0 Å². The molecule has 0 saturated heterocycles. The zero-order chi connectivity index (χ0) is 10.1. The predicted molar refractivity (Wildman–Crippen MR) is 59.6 cm³/mol. The first-order chi connectivity index (χ1) is 6.26. The van der Waals surface area contributed by atoms with Crippen molar-refractivity contribution in [1.82, 2.24) is 5.32 Å². The van der Waals surface area contributed by atoms with Crippen LogP contribution in [0.2, 0.25) is 0 Å². The van der Waals surface area contributed by atoms with E-state index in [1.54, 1.807) is 0 Å². The van der Waals surface area contributed by atoms with E-state index in [0.29, 0.717) is 6.04 Å². The SMILES string of the molecule is C#CCCCNC(C)C(CC)CC. The molecule has 0 heterocycles. The summed E-state index contributed by atoms with van der Waals surface area (Å²) in [6.07, 6.45) is 9.70. The summed E-state index contributed by atoms with van der Waals surface area (Å²) in [5, 5.41) is 3.52. The summed E-state index contributed by atoms with van der Waals surface area (Å²) in [7, 11) is 0. The standard InChI is InChI=1S/C12H23N/c1-5-8-9-10-13-11(4)12(6-2)7-3/h1,11-13H,6-10H2,2-4H3. The lowest BCUT2D eigenvalue weighted by molar-refractivity contribution is 0.354. The van der Waals surface area contributed by atoms with Gasteiger partial charge in [0.15, 0.2) is 0 Å². The Morgan fingerprint density at radius 2 is 1.92 bits per heavy atom. The minimum absolute atomic E-state index is 0.632. The summed E-state index contributed by atoms with van der Waals surface area (Å²) in [5.41, 5.74) is 0. The van der Waals surface area contributed by atoms with E-state index in [4.69, 9.17) is 6.42 Å². The van der Waals surface area contributed by atoms with E-state index >= 15 is 0 Å². The lowest BCUT2D eigenvalue weighted by Crippen LogP contribution is -2.33. The maximum Gasteiger partial charge on any atom is 0.00981 e. The second kappa shape index (κ2) is 8.13. The average molecular weight is 181 g/mol. The topological polar surface area (TPSA) is 12.0 Å². The van der Waals surface area contributed by atoms with Crippen LogP contribution in [0.5, 0.6) is 0 Å². The molecular weight excluding hydrogens is 158 g/mol. The highest BCUT2D eigenvalue weighted by atomic mass is 14.9. The van der Waals surface area contributed by atoms with Gasteiger partial charge in [0.05, 0.1) is 0 Å². The summed E-state index contributed by atoms with van der Waals surface area (Å²) in [5.74, 6) is 3.47. The summed E-state index contributed by atoms with van der Waals surface area (Å²) in [6, 6.07) is 0.632. The van der Waals surface area contributed by atoms with Crippen molar-refractivity contribution in [3.63, 3.8) is 0 Å². The highest BCUT2D eigenvalue weighted by Crippen LogP contribution is 2.12. The molecule has 1 N–H and O–H groups in total. The molecule has 0 radical (unpaired) electrons. The fourth-order valence-corrected chi connectivity index (χ4v) is 1.68.